The maximum absolute atomic E-state index is 5.58. The quantitative estimate of drug-likeness (QED) is 0.827. The number of rotatable bonds is 3. The third-order valence-electron chi connectivity index (χ3n) is 3.30. The molecule has 1 N–H and O–H groups in total. The Kier molecular flexibility index (Phi) is 4.47. The first kappa shape index (κ1) is 15.7. The molecule has 1 aromatic heterocycles. The lowest BCUT2D eigenvalue weighted by atomic mass is 9.95. The number of benzene rings is 1. The third kappa shape index (κ3) is 3.50. The van der Waals surface area contributed by atoms with Crippen molar-refractivity contribution in [2.45, 2.75) is 40.0 Å². The van der Waals surface area contributed by atoms with E-state index in [4.69, 9.17) is 17.0 Å². The Morgan fingerprint density at radius 2 is 2.00 bits per heavy atom. The fourth-order valence-corrected chi connectivity index (χ4v) is 2.28. The molecule has 1 aromatic carbocycles. The monoisotopic (exact) mass is 302 g/mol. The van der Waals surface area contributed by atoms with Gasteiger partial charge in [0.15, 0.2) is 0 Å². The van der Waals surface area contributed by atoms with Gasteiger partial charge in [0.05, 0.1) is 12.3 Å². The number of hydrogen-bond donors (Lipinski definition) is 1. The standard InChI is InChI=1S/C17H22N2OS/c1-6-20-13-9-7-8-12(10-13)14-11(2)15(21)19-16(18-14)17(3,4)5/h7-10H,6H2,1-5H3,(H,18,19,21). The SMILES string of the molecule is CCOc1cccc(-c2[nH]c(C(C)(C)C)nc(=S)c2C)c1. The molecule has 0 saturated carbocycles. The smallest absolute Gasteiger partial charge is 0.133 e. The van der Waals surface area contributed by atoms with Gasteiger partial charge < -0.3 is 9.72 Å². The van der Waals surface area contributed by atoms with E-state index in [1.54, 1.807) is 0 Å². The molecule has 2 rings (SSSR count). The molecule has 2 aromatic rings. The largest absolute Gasteiger partial charge is 0.494 e. The van der Waals surface area contributed by atoms with E-state index in [1.807, 2.05) is 32.0 Å². The first-order chi connectivity index (χ1) is 9.82. The fraction of sp³-hybridized carbons (Fsp3) is 0.412. The van der Waals surface area contributed by atoms with Gasteiger partial charge in [-0.15, -0.1) is 0 Å². The van der Waals surface area contributed by atoms with E-state index in [0.29, 0.717) is 11.2 Å². The second kappa shape index (κ2) is 5.98. The highest BCUT2D eigenvalue weighted by atomic mass is 32.1. The summed E-state index contributed by atoms with van der Waals surface area (Å²) in [5.74, 6) is 1.76. The molecule has 0 aliphatic rings. The predicted octanol–water partition coefficient (Wildman–Crippen LogP) is 4.81. The molecule has 3 nitrogen and oxygen atoms in total. The van der Waals surface area contributed by atoms with Crippen LogP contribution < -0.4 is 4.74 Å². The van der Waals surface area contributed by atoms with Gasteiger partial charge in [0.1, 0.15) is 16.2 Å². The Balaban J connectivity index is 2.60. The summed E-state index contributed by atoms with van der Waals surface area (Å²) in [7, 11) is 0. The van der Waals surface area contributed by atoms with Crippen LogP contribution in [0.15, 0.2) is 24.3 Å². The summed E-state index contributed by atoms with van der Waals surface area (Å²) in [5.41, 5.74) is 3.00. The van der Waals surface area contributed by atoms with Gasteiger partial charge in [-0.2, -0.15) is 0 Å². The number of nitrogens with zero attached hydrogens (tertiary/aromatic N) is 1. The number of hydrogen-bond acceptors (Lipinski definition) is 3. The third-order valence-corrected chi connectivity index (χ3v) is 3.69. The lowest BCUT2D eigenvalue weighted by Crippen LogP contribution is -2.17. The zero-order chi connectivity index (χ0) is 15.6. The van der Waals surface area contributed by atoms with Crippen LogP contribution in [0, 0.1) is 11.6 Å². The number of nitrogens with one attached hydrogen (secondary N) is 1. The van der Waals surface area contributed by atoms with Gasteiger partial charge in [-0.25, -0.2) is 4.98 Å². The molecule has 0 bridgehead atoms. The summed E-state index contributed by atoms with van der Waals surface area (Å²) >= 11 is 5.42. The van der Waals surface area contributed by atoms with Crippen LogP contribution in [0.2, 0.25) is 0 Å². The van der Waals surface area contributed by atoms with Crippen molar-refractivity contribution in [1.29, 1.82) is 0 Å². The summed E-state index contributed by atoms with van der Waals surface area (Å²) in [5, 5.41) is 0. The lowest BCUT2D eigenvalue weighted by molar-refractivity contribution is 0.340. The molecule has 0 aliphatic carbocycles. The highest BCUT2D eigenvalue weighted by Gasteiger charge is 2.18. The van der Waals surface area contributed by atoms with Crippen LogP contribution in [0.25, 0.3) is 11.3 Å². The van der Waals surface area contributed by atoms with E-state index >= 15 is 0 Å². The zero-order valence-corrected chi connectivity index (χ0v) is 14.1. The molecule has 0 fully saturated rings. The van der Waals surface area contributed by atoms with Crippen molar-refractivity contribution >= 4 is 12.2 Å². The Morgan fingerprint density at radius 3 is 2.62 bits per heavy atom. The van der Waals surface area contributed by atoms with Crippen LogP contribution >= 0.6 is 12.2 Å². The van der Waals surface area contributed by atoms with E-state index in [9.17, 15) is 0 Å². The van der Waals surface area contributed by atoms with Crippen LogP contribution in [0.1, 0.15) is 39.1 Å². The lowest BCUT2D eigenvalue weighted by Gasteiger charge is -2.20. The minimum absolute atomic E-state index is 0.0759. The molecule has 0 saturated heterocycles. The summed E-state index contributed by atoms with van der Waals surface area (Å²) in [6.07, 6.45) is 0. The molecule has 0 amide bonds. The van der Waals surface area contributed by atoms with Crippen molar-refractivity contribution in [3.8, 4) is 17.0 Å². The maximum atomic E-state index is 5.58. The minimum Gasteiger partial charge on any atom is -0.494 e. The van der Waals surface area contributed by atoms with Gasteiger partial charge in [-0.1, -0.05) is 45.1 Å². The molecule has 112 valence electrons. The zero-order valence-electron chi connectivity index (χ0n) is 13.3. The highest BCUT2D eigenvalue weighted by molar-refractivity contribution is 7.71. The topological polar surface area (TPSA) is 37.9 Å². The molecule has 0 spiro atoms. The van der Waals surface area contributed by atoms with Gasteiger partial charge in [-0.3, -0.25) is 0 Å². The first-order valence-corrected chi connectivity index (χ1v) is 7.58. The normalized spacial score (nSPS) is 11.5. The summed E-state index contributed by atoms with van der Waals surface area (Å²) in [6, 6.07) is 8.04. The molecule has 0 radical (unpaired) electrons. The summed E-state index contributed by atoms with van der Waals surface area (Å²) in [4.78, 5) is 7.96. The second-order valence-electron chi connectivity index (χ2n) is 6.10. The summed E-state index contributed by atoms with van der Waals surface area (Å²) < 4.78 is 6.23. The maximum Gasteiger partial charge on any atom is 0.133 e. The van der Waals surface area contributed by atoms with Gasteiger partial charge in [0.2, 0.25) is 0 Å². The van der Waals surface area contributed by atoms with Crippen molar-refractivity contribution < 1.29 is 4.74 Å². The Labute approximate surface area is 131 Å². The Hall–Kier alpha value is -1.68. The van der Waals surface area contributed by atoms with E-state index in [-0.39, 0.29) is 5.41 Å². The number of aromatic nitrogens is 2. The van der Waals surface area contributed by atoms with Crippen molar-refractivity contribution in [3.05, 3.63) is 40.3 Å². The number of aromatic amines is 1. The van der Waals surface area contributed by atoms with Gasteiger partial charge in [0.25, 0.3) is 0 Å². The number of ether oxygens (including phenoxy) is 1. The molecular formula is C17H22N2OS. The van der Waals surface area contributed by atoms with Crippen molar-refractivity contribution in [2.24, 2.45) is 0 Å². The second-order valence-corrected chi connectivity index (χ2v) is 6.49. The van der Waals surface area contributed by atoms with Crippen LogP contribution in [0.5, 0.6) is 5.75 Å². The first-order valence-electron chi connectivity index (χ1n) is 7.17. The van der Waals surface area contributed by atoms with Crippen LogP contribution in [-0.2, 0) is 5.41 Å². The van der Waals surface area contributed by atoms with Gasteiger partial charge in [0, 0.05) is 16.5 Å². The fourth-order valence-electron chi connectivity index (χ4n) is 2.08. The van der Waals surface area contributed by atoms with Gasteiger partial charge >= 0.3 is 0 Å². The Morgan fingerprint density at radius 1 is 1.29 bits per heavy atom. The van der Waals surface area contributed by atoms with Gasteiger partial charge in [-0.05, 0) is 26.0 Å². The average molecular weight is 302 g/mol. The molecular weight excluding hydrogens is 280 g/mol. The van der Waals surface area contributed by atoms with Crippen LogP contribution in [-0.4, -0.2) is 16.6 Å². The molecule has 0 atom stereocenters. The van der Waals surface area contributed by atoms with E-state index in [1.165, 1.54) is 0 Å². The number of H-pyrrole nitrogens is 1. The van der Waals surface area contributed by atoms with E-state index in [0.717, 1.165) is 28.4 Å². The van der Waals surface area contributed by atoms with Crippen molar-refractivity contribution in [2.75, 3.05) is 6.61 Å². The molecule has 0 unspecified atom stereocenters. The van der Waals surface area contributed by atoms with E-state index in [2.05, 4.69) is 36.8 Å². The minimum atomic E-state index is -0.0759. The average Bonchev–Trinajstić information content (AvgIpc) is 2.41. The highest BCUT2D eigenvalue weighted by Crippen LogP contribution is 2.28. The van der Waals surface area contributed by atoms with Crippen LogP contribution in [0.4, 0.5) is 0 Å². The molecule has 1 heterocycles. The summed E-state index contributed by atoms with van der Waals surface area (Å²) in [6.45, 7) is 11.0. The Bertz CT molecular complexity index is 699. The van der Waals surface area contributed by atoms with Crippen molar-refractivity contribution in [1.82, 2.24) is 9.97 Å². The van der Waals surface area contributed by atoms with Crippen LogP contribution in [0.3, 0.4) is 0 Å². The predicted molar refractivity (Wildman–Crippen MR) is 89.5 cm³/mol. The molecule has 21 heavy (non-hydrogen) atoms. The molecule has 0 aliphatic heterocycles. The van der Waals surface area contributed by atoms with E-state index < -0.39 is 0 Å². The van der Waals surface area contributed by atoms with Crippen molar-refractivity contribution in [3.63, 3.8) is 0 Å². The molecule has 4 heteroatoms.